The molecule has 0 unspecified atom stereocenters. The Labute approximate surface area is 112 Å². The number of aromatic nitrogens is 1. The van der Waals surface area contributed by atoms with Crippen LogP contribution in [0.4, 0.5) is 0 Å². The van der Waals surface area contributed by atoms with Crippen LogP contribution in [0.5, 0.6) is 0 Å². The Kier molecular flexibility index (Phi) is 3.25. The van der Waals surface area contributed by atoms with Crippen molar-refractivity contribution in [3.63, 3.8) is 0 Å². The number of hydrogen-bond acceptors (Lipinski definition) is 2. The molecule has 1 saturated carbocycles. The van der Waals surface area contributed by atoms with Gasteiger partial charge in [0.2, 0.25) is 0 Å². The maximum atomic E-state index is 12.2. The number of nitrogens with one attached hydrogen (secondary N) is 2. The van der Waals surface area contributed by atoms with Crippen molar-refractivity contribution >= 4 is 16.8 Å². The van der Waals surface area contributed by atoms with E-state index in [4.69, 9.17) is 5.73 Å². The SMILES string of the molecule is N[C@@H]1CCCC[C@H]1NC(=O)c1ccc2[nH]ccc2c1. The predicted molar refractivity (Wildman–Crippen MR) is 76.0 cm³/mol. The zero-order valence-corrected chi connectivity index (χ0v) is 10.9. The third-order valence-corrected chi connectivity index (χ3v) is 3.95. The number of amides is 1. The average molecular weight is 257 g/mol. The van der Waals surface area contributed by atoms with Crippen molar-refractivity contribution in [2.75, 3.05) is 0 Å². The number of carbonyl (C=O) groups is 1. The molecule has 1 amide bonds. The van der Waals surface area contributed by atoms with E-state index in [-0.39, 0.29) is 18.0 Å². The van der Waals surface area contributed by atoms with E-state index in [1.165, 1.54) is 6.42 Å². The molecule has 4 heteroatoms. The van der Waals surface area contributed by atoms with Gasteiger partial charge in [0.1, 0.15) is 0 Å². The molecule has 19 heavy (non-hydrogen) atoms. The van der Waals surface area contributed by atoms with Gasteiger partial charge in [0.15, 0.2) is 0 Å². The van der Waals surface area contributed by atoms with Crippen molar-refractivity contribution in [1.82, 2.24) is 10.3 Å². The molecular formula is C15H19N3O. The highest BCUT2D eigenvalue weighted by molar-refractivity contribution is 5.98. The Bertz CT molecular complexity index is 590. The number of carbonyl (C=O) groups excluding carboxylic acids is 1. The number of rotatable bonds is 2. The van der Waals surface area contributed by atoms with E-state index in [2.05, 4.69) is 10.3 Å². The highest BCUT2D eigenvalue weighted by Gasteiger charge is 2.23. The molecule has 1 heterocycles. The Balaban J connectivity index is 1.75. The minimum Gasteiger partial charge on any atom is -0.361 e. The highest BCUT2D eigenvalue weighted by Crippen LogP contribution is 2.18. The molecule has 1 aliphatic carbocycles. The molecule has 0 bridgehead atoms. The van der Waals surface area contributed by atoms with Gasteiger partial charge in [-0.2, -0.15) is 0 Å². The number of nitrogens with two attached hydrogens (primary N) is 1. The van der Waals surface area contributed by atoms with Gasteiger partial charge in [-0.3, -0.25) is 4.79 Å². The molecular weight excluding hydrogens is 238 g/mol. The largest absolute Gasteiger partial charge is 0.361 e. The third-order valence-electron chi connectivity index (χ3n) is 3.95. The van der Waals surface area contributed by atoms with Crippen LogP contribution in [0.25, 0.3) is 10.9 Å². The van der Waals surface area contributed by atoms with Crippen molar-refractivity contribution in [3.05, 3.63) is 36.0 Å². The van der Waals surface area contributed by atoms with Crippen molar-refractivity contribution < 1.29 is 4.79 Å². The van der Waals surface area contributed by atoms with Crippen LogP contribution in [0.2, 0.25) is 0 Å². The van der Waals surface area contributed by atoms with Gasteiger partial charge in [-0.05, 0) is 37.1 Å². The molecule has 0 saturated heterocycles. The Morgan fingerprint density at radius 3 is 2.95 bits per heavy atom. The Morgan fingerprint density at radius 2 is 2.11 bits per heavy atom. The van der Waals surface area contributed by atoms with E-state index in [1.807, 2.05) is 30.5 Å². The van der Waals surface area contributed by atoms with E-state index < -0.39 is 0 Å². The standard InChI is InChI=1S/C15H19N3O/c16-12-3-1-2-4-14(12)18-15(19)11-5-6-13-10(9-11)7-8-17-13/h5-9,12,14,17H,1-4,16H2,(H,18,19)/t12-,14-/m1/s1. The first-order valence-corrected chi connectivity index (χ1v) is 6.87. The molecule has 0 spiro atoms. The lowest BCUT2D eigenvalue weighted by Gasteiger charge is -2.29. The Hall–Kier alpha value is -1.81. The summed E-state index contributed by atoms with van der Waals surface area (Å²) < 4.78 is 0. The summed E-state index contributed by atoms with van der Waals surface area (Å²) in [6.07, 6.45) is 6.18. The molecule has 0 aliphatic heterocycles. The average Bonchev–Trinajstić information content (AvgIpc) is 2.88. The van der Waals surface area contributed by atoms with Crippen LogP contribution in [0.1, 0.15) is 36.0 Å². The van der Waals surface area contributed by atoms with Gasteiger partial charge < -0.3 is 16.0 Å². The number of aromatic amines is 1. The first-order valence-electron chi connectivity index (χ1n) is 6.87. The summed E-state index contributed by atoms with van der Waals surface area (Å²) in [6, 6.07) is 7.87. The second kappa shape index (κ2) is 5.05. The topological polar surface area (TPSA) is 70.9 Å². The van der Waals surface area contributed by atoms with Gasteiger partial charge in [-0.1, -0.05) is 12.8 Å². The molecule has 1 aromatic heterocycles. The van der Waals surface area contributed by atoms with Gasteiger partial charge in [0, 0.05) is 34.7 Å². The summed E-state index contributed by atoms with van der Waals surface area (Å²) in [5.74, 6) is -0.0227. The summed E-state index contributed by atoms with van der Waals surface area (Å²) in [7, 11) is 0. The predicted octanol–water partition coefficient (Wildman–Crippen LogP) is 2.17. The van der Waals surface area contributed by atoms with Gasteiger partial charge in [0.25, 0.3) is 5.91 Å². The zero-order valence-electron chi connectivity index (χ0n) is 10.9. The quantitative estimate of drug-likeness (QED) is 0.771. The lowest BCUT2D eigenvalue weighted by atomic mass is 9.91. The van der Waals surface area contributed by atoms with E-state index in [9.17, 15) is 4.79 Å². The lowest BCUT2D eigenvalue weighted by molar-refractivity contribution is 0.0921. The third kappa shape index (κ3) is 2.49. The van der Waals surface area contributed by atoms with Crippen molar-refractivity contribution in [2.24, 2.45) is 5.73 Å². The molecule has 1 aromatic carbocycles. The Morgan fingerprint density at radius 1 is 1.26 bits per heavy atom. The number of fused-ring (bicyclic) bond motifs is 1. The first kappa shape index (κ1) is 12.2. The van der Waals surface area contributed by atoms with Crippen LogP contribution in [0, 0.1) is 0 Å². The second-order valence-electron chi connectivity index (χ2n) is 5.31. The molecule has 3 rings (SSSR count). The smallest absolute Gasteiger partial charge is 0.251 e. The minimum atomic E-state index is -0.0227. The van der Waals surface area contributed by atoms with Gasteiger partial charge in [-0.15, -0.1) is 0 Å². The van der Waals surface area contributed by atoms with Gasteiger partial charge in [0.05, 0.1) is 0 Å². The molecule has 2 atom stereocenters. The number of hydrogen-bond donors (Lipinski definition) is 3. The second-order valence-corrected chi connectivity index (χ2v) is 5.31. The summed E-state index contributed by atoms with van der Waals surface area (Å²) in [5, 5.41) is 4.12. The van der Waals surface area contributed by atoms with Gasteiger partial charge >= 0.3 is 0 Å². The summed E-state index contributed by atoms with van der Waals surface area (Å²) in [5.41, 5.74) is 7.81. The molecule has 4 N–H and O–H groups in total. The summed E-state index contributed by atoms with van der Waals surface area (Å²) in [6.45, 7) is 0. The fourth-order valence-corrected chi connectivity index (χ4v) is 2.79. The molecule has 4 nitrogen and oxygen atoms in total. The summed E-state index contributed by atoms with van der Waals surface area (Å²) in [4.78, 5) is 15.4. The van der Waals surface area contributed by atoms with Crippen LogP contribution in [0.3, 0.4) is 0 Å². The number of benzene rings is 1. The van der Waals surface area contributed by atoms with Crippen molar-refractivity contribution in [2.45, 2.75) is 37.8 Å². The van der Waals surface area contributed by atoms with Crippen molar-refractivity contribution in [1.29, 1.82) is 0 Å². The zero-order chi connectivity index (χ0) is 13.2. The minimum absolute atomic E-state index is 0.0227. The van der Waals surface area contributed by atoms with E-state index in [0.717, 1.165) is 30.2 Å². The van der Waals surface area contributed by atoms with Crippen LogP contribution in [0.15, 0.2) is 30.5 Å². The first-order chi connectivity index (χ1) is 9.24. The van der Waals surface area contributed by atoms with Crippen LogP contribution in [-0.4, -0.2) is 23.0 Å². The van der Waals surface area contributed by atoms with E-state index in [1.54, 1.807) is 0 Å². The normalized spacial score (nSPS) is 23.4. The molecule has 1 fully saturated rings. The van der Waals surface area contributed by atoms with Gasteiger partial charge in [-0.25, -0.2) is 0 Å². The molecule has 0 radical (unpaired) electrons. The fraction of sp³-hybridized carbons (Fsp3) is 0.400. The molecule has 2 aromatic rings. The van der Waals surface area contributed by atoms with Crippen molar-refractivity contribution in [3.8, 4) is 0 Å². The number of H-pyrrole nitrogens is 1. The van der Waals surface area contributed by atoms with Crippen LogP contribution in [-0.2, 0) is 0 Å². The van der Waals surface area contributed by atoms with Crippen LogP contribution < -0.4 is 11.1 Å². The molecule has 100 valence electrons. The monoisotopic (exact) mass is 257 g/mol. The summed E-state index contributed by atoms with van der Waals surface area (Å²) >= 11 is 0. The van der Waals surface area contributed by atoms with E-state index in [0.29, 0.717) is 5.56 Å². The molecule has 1 aliphatic rings. The lowest BCUT2D eigenvalue weighted by Crippen LogP contribution is -2.49. The maximum Gasteiger partial charge on any atom is 0.251 e. The highest BCUT2D eigenvalue weighted by atomic mass is 16.1. The van der Waals surface area contributed by atoms with Crippen LogP contribution >= 0.6 is 0 Å². The van der Waals surface area contributed by atoms with E-state index >= 15 is 0 Å². The fourth-order valence-electron chi connectivity index (χ4n) is 2.79. The maximum absolute atomic E-state index is 12.2.